The Bertz CT molecular complexity index is 633. The van der Waals surface area contributed by atoms with Crippen LogP contribution in [-0.4, -0.2) is 10.7 Å². The summed E-state index contributed by atoms with van der Waals surface area (Å²) in [5.74, 6) is 1.93. The van der Waals surface area contributed by atoms with E-state index in [2.05, 4.69) is 32.9 Å². The van der Waals surface area contributed by atoms with E-state index in [4.69, 9.17) is 6.11 Å². The molecule has 1 heterocycles. The summed E-state index contributed by atoms with van der Waals surface area (Å²) in [5, 5.41) is 10.7. The fourth-order valence-electron chi connectivity index (χ4n) is 4.23. The van der Waals surface area contributed by atoms with Crippen molar-refractivity contribution in [3.05, 3.63) is 34.9 Å². The van der Waals surface area contributed by atoms with E-state index < -0.39 is 0 Å². The standard InChI is InChI=1S/C21H30O2/c1-5-6-7-8-15-12-18(22)20-16-11-14(2)9-10-17(16)21(3,4)23-19(20)13-15/h11-13,16-17,22H,5-10H2,1-4H3/t16-,17-/m1/s1/i1T. The number of aromatic hydroxyl groups is 1. The van der Waals surface area contributed by atoms with E-state index in [1.165, 1.54) is 5.57 Å². The summed E-state index contributed by atoms with van der Waals surface area (Å²) in [6.45, 7) is 7.05. The highest BCUT2D eigenvalue weighted by molar-refractivity contribution is 5.53. The van der Waals surface area contributed by atoms with Gasteiger partial charge in [-0.25, -0.2) is 0 Å². The van der Waals surface area contributed by atoms with Gasteiger partial charge in [-0.3, -0.25) is 0 Å². The highest BCUT2D eigenvalue weighted by Gasteiger charge is 2.45. The summed E-state index contributed by atoms with van der Waals surface area (Å²) < 4.78 is 13.6. The smallest absolute Gasteiger partial charge is 0.127 e. The molecule has 0 spiro atoms. The molecule has 1 aromatic rings. The van der Waals surface area contributed by atoms with Crippen LogP contribution >= 0.6 is 0 Å². The average molecular weight is 316 g/mol. The molecule has 1 aliphatic carbocycles. The summed E-state index contributed by atoms with van der Waals surface area (Å²) in [6, 6.07) is 4.06. The molecule has 1 aliphatic heterocycles. The maximum Gasteiger partial charge on any atom is 0.127 e. The van der Waals surface area contributed by atoms with Crippen molar-refractivity contribution in [1.29, 1.82) is 0 Å². The highest BCUT2D eigenvalue weighted by atomic mass is 16.5. The molecule has 126 valence electrons. The molecular formula is C21H30O2. The molecule has 2 nitrogen and oxygen atoms in total. The van der Waals surface area contributed by atoms with Gasteiger partial charge < -0.3 is 9.84 Å². The van der Waals surface area contributed by atoms with Gasteiger partial charge in [0.25, 0.3) is 0 Å². The first-order chi connectivity index (χ1) is 11.4. The normalized spacial score (nSPS) is 25.7. The van der Waals surface area contributed by atoms with Crippen LogP contribution in [-0.2, 0) is 6.42 Å². The molecule has 0 saturated carbocycles. The molecule has 2 atom stereocenters. The number of ether oxygens (including phenoxy) is 1. The highest BCUT2D eigenvalue weighted by Crippen LogP contribution is 2.53. The predicted molar refractivity (Wildman–Crippen MR) is 95.3 cm³/mol. The Morgan fingerprint density at radius 1 is 1.35 bits per heavy atom. The van der Waals surface area contributed by atoms with Crippen molar-refractivity contribution in [3.8, 4) is 11.5 Å². The van der Waals surface area contributed by atoms with Crippen molar-refractivity contribution in [1.82, 2.24) is 0 Å². The SMILES string of the molecule is [3H]CCCCCc1cc(O)c2c(c1)OC(C)(C)[C@@H]1CCC(C)=C[C@@H]21. The molecule has 2 aliphatic rings. The van der Waals surface area contributed by atoms with E-state index in [0.29, 0.717) is 18.6 Å². The van der Waals surface area contributed by atoms with Crippen molar-refractivity contribution in [2.45, 2.75) is 77.7 Å². The van der Waals surface area contributed by atoms with Crippen LogP contribution < -0.4 is 4.74 Å². The Kier molecular flexibility index (Phi) is 4.09. The Morgan fingerprint density at radius 2 is 2.17 bits per heavy atom. The van der Waals surface area contributed by atoms with Crippen LogP contribution in [0, 0.1) is 5.92 Å². The number of allylic oxidation sites excluding steroid dienone is 2. The predicted octanol–water partition coefficient (Wildman–Crippen LogP) is 5.74. The van der Waals surface area contributed by atoms with Crippen LogP contribution in [0.3, 0.4) is 0 Å². The van der Waals surface area contributed by atoms with Gasteiger partial charge in [0.15, 0.2) is 0 Å². The van der Waals surface area contributed by atoms with Gasteiger partial charge >= 0.3 is 0 Å². The Hall–Kier alpha value is -1.44. The summed E-state index contributed by atoms with van der Waals surface area (Å²) in [7, 11) is 0. The number of unbranched alkanes of at least 4 members (excludes halogenated alkanes) is 2. The quantitative estimate of drug-likeness (QED) is 0.567. The van der Waals surface area contributed by atoms with Crippen LogP contribution in [0.1, 0.15) is 78.2 Å². The van der Waals surface area contributed by atoms with Gasteiger partial charge in [-0.05, 0) is 64.2 Å². The number of benzene rings is 1. The molecule has 0 aromatic heterocycles. The molecule has 1 aromatic carbocycles. The third-order valence-electron chi connectivity index (χ3n) is 5.49. The van der Waals surface area contributed by atoms with Crippen LogP contribution in [0.2, 0.25) is 0 Å². The summed E-state index contributed by atoms with van der Waals surface area (Å²) in [5.41, 5.74) is 3.33. The largest absolute Gasteiger partial charge is 0.507 e. The van der Waals surface area contributed by atoms with E-state index in [1.807, 2.05) is 6.07 Å². The van der Waals surface area contributed by atoms with E-state index in [0.717, 1.165) is 55.4 Å². The number of aryl methyl sites for hydroxylation is 1. The maximum atomic E-state index is 10.7. The van der Waals surface area contributed by atoms with Crippen molar-refractivity contribution in [2.24, 2.45) is 5.92 Å². The molecule has 1 N–H and O–H groups in total. The maximum absolute atomic E-state index is 10.7. The van der Waals surface area contributed by atoms with Crippen molar-refractivity contribution in [2.75, 3.05) is 0 Å². The molecule has 3 rings (SSSR count). The van der Waals surface area contributed by atoms with Crippen LogP contribution in [0.4, 0.5) is 0 Å². The second kappa shape index (κ2) is 6.22. The Labute approximate surface area is 142 Å². The zero-order valence-corrected chi connectivity index (χ0v) is 14.7. The van der Waals surface area contributed by atoms with Gasteiger partial charge in [-0.2, -0.15) is 0 Å². The van der Waals surface area contributed by atoms with Gasteiger partial charge in [0, 0.05) is 18.8 Å². The fraction of sp³-hybridized carbons (Fsp3) is 0.619. The summed E-state index contributed by atoms with van der Waals surface area (Å²) in [6.07, 6.45) is 8.60. The molecule has 0 radical (unpaired) electrons. The first kappa shape index (κ1) is 15.1. The van der Waals surface area contributed by atoms with Crippen LogP contribution in [0.25, 0.3) is 0 Å². The third kappa shape index (κ3) is 3.13. The van der Waals surface area contributed by atoms with Crippen molar-refractivity contribution < 1.29 is 11.2 Å². The summed E-state index contributed by atoms with van der Waals surface area (Å²) in [4.78, 5) is 0. The minimum atomic E-state index is -0.203. The van der Waals surface area contributed by atoms with E-state index in [1.54, 1.807) is 0 Å². The van der Waals surface area contributed by atoms with E-state index in [9.17, 15) is 5.11 Å². The van der Waals surface area contributed by atoms with Crippen molar-refractivity contribution >= 4 is 0 Å². The topological polar surface area (TPSA) is 29.5 Å². The molecular weight excluding hydrogens is 284 g/mol. The minimum Gasteiger partial charge on any atom is -0.507 e. The first-order valence-electron chi connectivity index (χ1n) is 9.64. The summed E-state index contributed by atoms with van der Waals surface area (Å²) >= 11 is 0. The molecule has 0 fully saturated rings. The zero-order valence-electron chi connectivity index (χ0n) is 15.7. The third-order valence-corrected chi connectivity index (χ3v) is 5.49. The number of rotatable bonds is 4. The van der Waals surface area contributed by atoms with E-state index in [-0.39, 0.29) is 11.5 Å². The number of phenolic OH excluding ortho intramolecular Hbond substituents is 1. The Balaban J connectivity index is 1.91. The zero-order chi connectivity index (χ0) is 17.3. The van der Waals surface area contributed by atoms with Gasteiger partial charge in [-0.15, -0.1) is 0 Å². The number of fused-ring (bicyclic) bond motifs is 3. The Morgan fingerprint density at radius 3 is 2.96 bits per heavy atom. The lowest BCUT2D eigenvalue weighted by Crippen LogP contribution is -2.45. The van der Waals surface area contributed by atoms with Gasteiger partial charge in [0.05, 0.1) is 0 Å². The monoisotopic (exact) mass is 316 g/mol. The molecule has 23 heavy (non-hydrogen) atoms. The molecule has 0 bridgehead atoms. The number of hydrogen-bond donors (Lipinski definition) is 1. The van der Waals surface area contributed by atoms with Gasteiger partial charge in [0.2, 0.25) is 0 Å². The number of hydrogen-bond acceptors (Lipinski definition) is 2. The first-order valence-corrected chi connectivity index (χ1v) is 8.93. The lowest BCUT2D eigenvalue weighted by atomic mass is 9.68. The van der Waals surface area contributed by atoms with Crippen molar-refractivity contribution in [3.63, 3.8) is 0 Å². The lowest BCUT2D eigenvalue weighted by molar-refractivity contribution is 0.0107. The average Bonchev–Trinajstić information content (AvgIpc) is 2.50. The lowest BCUT2D eigenvalue weighted by Gasteiger charge is -2.46. The van der Waals surface area contributed by atoms with Crippen LogP contribution in [0.5, 0.6) is 11.5 Å². The second-order valence-corrected chi connectivity index (χ2v) is 7.73. The van der Waals surface area contributed by atoms with Gasteiger partial charge in [-0.1, -0.05) is 31.4 Å². The molecule has 0 amide bonds. The minimum absolute atomic E-state index is 0.203. The molecule has 0 unspecified atom stereocenters. The molecule has 2 heteroatoms. The molecule has 0 saturated heterocycles. The fourth-order valence-corrected chi connectivity index (χ4v) is 4.23. The second-order valence-electron chi connectivity index (χ2n) is 7.73. The van der Waals surface area contributed by atoms with Crippen LogP contribution in [0.15, 0.2) is 23.8 Å². The van der Waals surface area contributed by atoms with E-state index >= 15 is 0 Å². The number of phenols is 1. The van der Waals surface area contributed by atoms with Gasteiger partial charge in [0.1, 0.15) is 17.1 Å².